The lowest BCUT2D eigenvalue weighted by atomic mass is 10.0. The molecule has 0 aromatic heterocycles. The zero-order chi connectivity index (χ0) is 10.4. The second kappa shape index (κ2) is 5.97. The Kier molecular flexibility index (Phi) is 5.71. The summed E-state index contributed by atoms with van der Waals surface area (Å²) in [5, 5.41) is 0. The van der Waals surface area contributed by atoms with E-state index in [1.54, 1.807) is 4.90 Å². The van der Waals surface area contributed by atoms with Crippen LogP contribution in [0.15, 0.2) is 0 Å². The van der Waals surface area contributed by atoms with Crippen molar-refractivity contribution < 1.29 is 4.79 Å². The second-order valence-electron chi connectivity index (χ2n) is 3.76. The summed E-state index contributed by atoms with van der Waals surface area (Å²) in [7, 11) is 1.84. The van der Waals surface area contributed by atoms with Gasteiger partial charge in [0.05, 0.1) is 5.92 Å². The fourth-order valence-electron chi connectivity index (χ4n) is 1.23. The Hall–Kier alpha value is -0.570. The number of carbonyl (C=O) groups excluding carboxylic acids is 1. The first-order valence-electron chi connectivity index (χ1n) is 5.01. The molecule has 0 heterocycles. The van der Waals surface area contributed by atoms with Crippen LogP contribution in [0.3, 0.4) is 0 Å². The van der Waals surface area contributed by atoms with Crippen molar-refractivity contribution in [1.29, 1.82) is 0 Å². The van der Waals surface area contributed by atoms with Gasteiger partial charge >= 0.3 is 0 Å². The largest absolute Gasteiger partial charge is 0.343 e. The third-order valence-corrected chi connectivity index (χ3v) is 2.39. The van der Waals surface area contributed by atoms with Crippen molar-refractivity contribution in [2.45, 2.75) is 39.7 Å². The summed E-state index contributed by atoms with van der Waals surface area (Å²) in [6.45, 7) is 6.56. The minimum atomic E-state index is 0.0115. The van der Waals surface area contributed by atoms with Crippen LogP contribution in [0.1, 0.15) is 33.6 Å². The molecule has 0 spiro atoms. The number of nitrogens with zero attached hydrogens (tertiary/aromatic N) is 1. The summed E-state index contributed by atoms with van der Waals surface area (Å²) in [4.78, 5) is 13.5. The highest BCUT2D eigenvalue weighted by molar-refractivity contribution is 5.79. The SMILES string of the molecule is CCCC(CN)C(=O)N(C)C(C)C. The Morgan fingerprint density at radius 3 is 2.31 bits per heavy atom. The first-order valence-corrected chi connectivity index (χ1v) is 5.01. The van der Waals surface area contributed by atoms with E-state index in [-0.39, 0.29) is 17.9 Å². The smallest absolute Gasteiger partial charge is 0.226 e. The lowest BCUT2D eigenvalue weighted by molar-refractivity contribution is -0.135. The summed E-state index contributed by atoms with van der Waals surface area (Å²) in [6, 6.07) is 0.262. The molecule has 0 saturated carbocycles. The Labute approximate surface area is 81.3 Å². The Bertz CT molecular complexity index is 157. The number of carbonyl (C=O) groups is 1. The molecule has 0 aromatic rings. The van der Waals surface area contributed by atoms with E-state index >= 15 is 0 Å². The highest BCUT2D eigenvalue weighted by Crippen LogP contribution is 2.09. The summed E-state index contributed by atoms with van der Waals surface area (Å²) >= 11 is 0. The van der Waals surface area contributed by atoms with Crippen LogP contribution in [0.25, 0.3) is 0 Å². The highest BCUT2D eigenvalue weighted by Gasteiger charge is 2.20. The molecule has 2 N–H and O–H groups in total. The molecule has 78 valence electrons. The topological polar surface area (TPSA) is 46.3 Å². The molecule has 13 heavy (non-hydrogen) atoms. The van der Waals surface area contributed by atoms with Crippen LogP contribution in [-0.2, 0) is 4.79 Å². The van der Waals surface area contributed by atoms with E-state index in [0.717, 1.165) is 12.8 Å². The van der Waals surface area contributed by atoms with Crippen molar-refractivity contribution in [3.8, 4) is 0 Å². The van der Waals surface area contributed by atoms with E-state index in [2.05, 4.69) is 6.92 Å². The maximum Gasteiger partial charge on any atom is 0.226 e. The van der Waals surface area contributed by atoms with Crippen molar-refractivity contribution in [1.82, 2.24) is 4.90 Å². The highest BCUT2D eigenvalue weighted by atomic mass is 16.2. The standard InChI is InChI=1S/C10H22N2O/c1-5-6-9(7-11)10(13)12(4)8(2)3/h8-9H,5-7,11H2,1-4H3. The molecule has 0 aliphatic carbocycles. The van der Waals surface area contributed by atoms with Crippen molar-refractivity contribution in [2.24, 2.45) is 11.7 Å². The molecule has 3 heteroatoms. The van der Waals surface area contributed by atoms with E-state index in [4.69, 9.17) is 5.73 Å². The zero-order valence-corrected chi connectivity index (χ0v) is 9.21. The molecule has 0 fully saturated rings. The average molecular weight is 186 g/mol. The number of rotatable bonds is 5. The quantitative estimate of drug-likeness (QED) is 0.702. The van der Waals surface area contributed by atoms with Gasteiger partial charge in [-0.3, -0.25) is 4.79 Å². The Morgan fingerprint density at radius 2 is 2.00 bits per heavy atom. The predicted octanol–water partition coefficient (Wildman–Crippen LogP) is 1.23. The number of hydrogen-bond donors (Lipinski definition) is 1. The molecule has 1 unspecified atom stereocenters. The van der Waals surface area contributed by atoms with Crippen LogP contribution < -0.4 is 5.73 Å². The summed E-state index contributed by atoms with van der Waals surface area (Å²) in [5.74, 6) is 0.191. The molecule has 1 atom stereocenters. The Morgan fingerprint density at radius 1 is 1.46 bits per heavy atom. The van der Waals surface area contributed by atoms with Crippen LogP contribution in [-0.4, -0.2) is 30.4 Å². The third kappa shape index (κ3) is 3.77. The van der Waals surface area contributed by atoms with E-state index in [1.807, 2.05) is 20.9 Å². The van der Waals surface area contributed by atoms with E-state index in [0.29, 0.717) is 6.54 Å². The number of hydrogen-bond acceptors (Lipinski definition) is 2. The molecule has 0 radical (unpaired) electrons. The maximum atomic E-state index is 11.8. The van der Waals surface area contributed by atoms with Crippen LogP contribution in [0.2, 0.25) is 0 Å². The van der Waals surface area contributed by atoms with Crippen molar-refractivity contribution >= 4 is 5.91 Å². The predicted molar refractivity (Wildman–Crippen MR) is 55.4 cm³/mol. The molecule has 0 saturated heterocycles. The third-order valence-electron chi connectivity index (χ3n) is 2.39. The minimum Gasteiger partial charge on any atom is -0.343 e. The lowest BCUT2D eigenvalue weighted by Crippen LogP contribution is -2.40. The van der Waals surface area contributed by atoms with Crippen molar-refractivity contribution in [3.63, 3.8) is 0 Å². The fraction of sp³-hybridized carbons (Fsp3) is 0.900. The van der Waals surface area contributed by atoms with Gasteiger partial charge in [0.25, 0.3) is 0 Å². The average Bonchev–Trinajstić information content (AvgIpc) is 2.11. The first kappa shape index (κ1) is 12.4. The number of nitrogens with two attached hydrogens (primary N) is 1. The van der Waals surface area contributed by atoms with Gasteiger partial charge in [-0.2, -0.15) is 0 Å². The summed E-state index contributed by atoms with van der Waals surface area (Å²) < 4.78 is 0. The van der Waals surface area contributed by atoms with Gasteiger partial charge in [-0.15, -0.1) is 0 Å². The van der Waals surface area contributed by atoms with Crippen LogP contribution >= 0.6 is 0 Å². The van der Waals surface area contributed by atoms with E-state index < -0.39 is 0 Å². The minimum absolute atomic E-state index is 0.0115. The van der Waals surface area contributed by atoms with Gasteiger partial charge in [0, 0.05) is 19.6 Å². The van der Waals surface area contributed by atoms with E-state index in [1.165, 1.54) is 0 Å². The van der Waals surface area contributed by atoms with Crippen LogP contribution in [0.4, 0.5) is 0 Å². The van der Waals surface area contributed by atoms with Crippen LogP contribution in [0, 0.1) is 5.92 Å². The van der Waals surface area contributed by atoms with Gasteiger partial charge in [0.1, 0.15) is 0 Å². The van der Waals surface area contributed by atoms with Crippen molar-refractivity contribution in [3.05, 3.63) is 0 Å². The normalized spacial score (nSPS) is 13.1. The molecule has 0 aromatic carbocycles. The number of amides is 1. The van der Waals surface area contributed by atoms with Gasteiger partial charge in [-0.05, 0) is 20.3 Å². The summed E-state index contributed by atoms with van der Waals surface area (Å²) in [6.07, 6.45) is 1.91. The molecule has 3 nitrogen and oxygen atoms in total. The maximum absolute atomic E-state index is 11.8. The second-order valence-corrected chi connectivity index (χ2v) is 3.76. The first-order chi connectivity index (χ1) is 6.04. The molecular formula is C10H22N2O. The van der Waals surface area contributed by atoms with Gasteiger partial charge in [0.15, 0.2) is 0 Å². The summed E-state index contributed by atoms with van der Waals surface area (Å²) in [5.41, 5.74) is 5.55. The van der Waals surface area contributed by atoms with Crippen molar-refractivity contribution in [2.75, 3.05) is 13.6 Å². The van der Waals surface area contributed by atoms with Gasteiger partial charge in [-0.25, -0.2) is 0 Å². The molecule has 0 aliphatic rings. The molecule has 1 amide bonds. The Balaban J connectivity index is 4.19. The molecule has 0 bridgehead atoms. The molecule has 0 aliphatic heterocycles. The van der Waals surface area contributed by atoms with Gasteiger partial charge in [-0.1, -0.05) is 13.3 Å². The fourth-order valence-corrected chi connectivity index (χ4v) is 1.23. The molecule has 0 rings (SSSR count). The van der Waals surface area contributed by atoms with E-state index in [9.17, 15) is 4.79 Å². The lowest BCUT2D eigenvalue weighted by Gasteiger charge is -2.26. The molecular weight excluding hydrogens is 164 g/mol. The monoisotopic (exact) mass is 186 g/mol. The zero-order valence-electron chi connectivity index (χ0n) is 9.21. The van der Waals surface area contributed by atoms with Crippen LogP contribution in [0.5, 0.6) is 0 Å². The van der Waals surface area contributed by atoms with Gasteiger partial charge in [0.2, 0.25) is 5.91 Å². The van der Waals surface area contributed by atoms with Gasteiger partial charge < -0.3 is 10.6 Å².